The second-order valence-corrected chi connectivity index (χ2v) is 6.20. The molecule has 0 aliphatic rings. The predicted octanol–water partition coefficient (Wildman–Crippen LogP) is 3.81. The molecule has 1 heterocycles. The molecule has 0 bridgehead atoms. The van der Waals surface area contributed by atoms with Gasteiger partial charge in [0.05, 0.1) is 12.2 Å². The summed E-state index contributed by atoms with van der Waals surface area (Å²) in [5, 5.41) is 2.72. The van der Waals surface area contributed by atoms with Crippen LogP contribution < -0.4 is 5.32 Å². The van der Waals surface area contributed by atoms with Gasteiger partial charge in [-0.1, -0.05) is 51.1 Å². The summed E-state index contributed by atoms with van der Waals surface area (Å²) in [5.41, 5.74) is 3.04. The van der Waals surface area contributed by atoms with Crippen molar-refractivity contribution in [1.82, 2.24) is 10.3 Å². The minimum atomic E-state index is -0.438. The quantitative estimate of drug-likeness (QED) is 0.934. The van der Waals surface area contributed by atoms with Gasteiger partial charge in [-0.05, 0) is 28.7 Å². The van der Waals surface area contributed by atoms with E-state index in [2.05, 4.69) is 31.1 Å². The summed E-state index contributed by atoms with van der Waals surface area (Å²) >= 11 is 0. The molecule has 0 atom stereocenters. The van der Waals surface area contributed by atoms with Gasteiger partial charge < -0.3 is 10.1 Å². The Morgan fingerprint density at radius 3 is 2.59 bits per heavy atom. The summed E-state index contributed by atoms with van der Waals surface area (Å²) in [6.45, 7) is 7.06. The van der Waals surface area contributed by atoms with Crippen molar-refractivity contribution in [2.75, 3.05) is 0 Å². The number of nitrogens with zero attached hydrogens (tertiary/aromatic N) is 1. The first-order valence-electron chi connectivity index (χ1n) is 7.35. The van der Waals surface area contributed by atoms with Gasteiger partial charge in [-0.25, -0.2) is 4.79 Å². The predicted molar refractivity (Wildman–Crippen MR) is 86.4 cm³/mol. The van der Waals surface area contributed by atoms with Crippen LogP contribution in [0.25, 0.3) is 0 Å². The molecule has 4 heteroatoms. The largest absolute Gasteiger partial charge is 0.445 e. The number of alkyl carbamates (subject to hydrolysis) is 1. The highest BCUT2D eigenvalue weighted by atomic mass is 16.5. The van der Waals surface area contributed by atoms with Crippen LogP contribution in [0.1, 0.15) is 37.6 Å². The zero-order valence-electron chi connectivity index (χ0n) is 13.3. The van der Waals surface area contributed by atoms with Crippen molar-refractivity contribution in [3.63, 3.8) is 0 Å². The highest BCUT2D eigenvalue weighted by Crippen LogP contribution is 2.21. The minimum absolute atomic E-state index is 0.0610. The summed E-state index contributed by atoms with van der Waals surface area (Å²) in [4.78, 5) is 16.0. The van der Waals surface area contributed by atoms with Gasteiger partial charge in [-0.3, -0.25) is 4.98 Å². The molecule has 0 spiro atoms. The Hall–Kier alpha value is -2.36. The SMILES string of the molecule is CC(C)(C)c1ccnc(CNC(=O)OCc2ccccc2)c1. The summed E-state index contributed by atoms with van der Waals surface area (Å²) in [6, 6.07) is 13.6. The Kier molecular flexibility index (Phi) is 5.15. The molecule has 1 N–H and O–H groups in total. The molecule has 2 aromatic rings. The van der Waals surface area contributed by atoms with Gasteiger partial charge in [0.25, 0.3) is 0 Å². The Morgan fingerprint density at radius 2 is 1.91 bits per heavy atom. The molecular formula is C18H22N2O2. The van der Waals surface area contributed by atoms with Crippen LogP contribution >= 0.6 is 0 Å². The fourth-order valence-electron chi connectivity index (χ4n) is 1.98. The monoisotopic (exact) mass is 298 g/mol. The smallest absolute Gasteiger partial charge is 0.407 e. The van der Waals surface area contributed by atoms with Crippen molar-refractivity contribution in [3.8, 4) is 0 Å². The van der Waals surface area contributed by atoms with Crippen LogP contribution in [0.3, 0.4) is 0 Å². The Balaban J connectivity index is 1.84. The van der Waals surface area contributed by atoms with Crippen molar-refractivity contribution in [2.24, 2.45) is 0 Å². The number of amides is 1. The van der Waals surface area contributed by atoms with Gasteiger partial charge in [-0.2, -0.15) is 0 Å². The van der Waals surface area contributed by atoms with Gasteiger partial charge in [0, 0.05) is 6.20 Å². The normalized spacial score (nSPS) is 11.0. The fourth-order valence-corrected chi connectivity index (χ4v) is 1.98. The van der Waals surface area contributed by atoms with Crippen molar-refractivity contribution in [3.05, 3.63) is 65.5 Å². The van der Waals surface area contributed by atoms with Crippen molar-refractivity contribution in [2.45, 2.75) is 39.3 Å². The molecule has 0 fully saturated rings. The number of pyridine rings is 1. The minimum Gasteiger partial charge on any atom is -0.445 e. The van der Waals surface area contributed by atoms with E-state index in [-0.39, 0.29) is 12.0 Å². The lowest BCUT2D eigenvalue weighted by atomic mass is 9.87. The molecule has 116 valence electrons. The maximum absolute atomic E-state index is 11.7. The van der Waals surface area contributed by atoms with Crippen LogP contribution in [0.2, 0.25) is 0 Å². The third kappa shape index (κ3) is 4.88. The van der Waals surface area contributed by atoms with Crippen molar-refractivity contribution < 1.29 is 9.53 Å². The molecule has 0 radical (unpaired) electrons. The number of hydrogen-bond donors (Lipinski definition) is 1. The van der Waals surface area contributed by atoms with E-state index >= 15 is 0 Å². The standard InChI is InChI=1S/C18H22N2O2/c1-18(2,3)15-9-10-19-16(11-15)12-20-17(21)22-13-14-7-5-4-6-8-14/h4-11H,12-13H2,1-3H3,(H,20,21). The van der Waals surface area contributed by atoms with Crippen LogP contribution in [-0.2, 0) is 23.3 Å². The second-order valence-electron chi connectivity index (χ2n) is 6.20. The number of carbonyl (C=O) groups excluding carboxylic acids is 1. The van der Waals surface area contributed by atoms with E-state index < -0.39 is 6.09 Å². The van der Waals surface area contributed by atoms with E-state index in [4.69, 9.17) is 4.74 Å². The molecule has 1 aromatic heterocycles. The van der Waals surface area contributed by atoms with Crippen molar-refractivity contribution in [1.29, 1.82) is 0 Å². The lowest BCUT2D eigenvalue weighted by Gasteiger charge is -2.19. The molecule has 0 unspecified atom stereocenters. The van der Waals surface area contributed by atoms with Gasteiger partial charge in [-0.15, -0.1) is 0 Å². The molecule has 0 saturated carbocycles. The Bertz CT molecular complexity index is 618. The highest BCUT2D eigenvalue weighted by molar-refractivity contribution is 5.67. The highest BCUT2D eigenvalue weighted by Gasteiger charge is 2.14. The number of ether oxygens (including phenoxy) is 1. The average Bonchev–Trinajstić information content (AvgIpc) is 2.51. The van der Waals surface area contributed by atoms with Gasteiger partial charge in [0.15, 0.2) is 0 Å². The Morgan fingerprint density at radius 1 is 1.18 bits per heavy atom. The van der Waals surface area contributed by atoms with Crippen LogP contribution in [0.4, 0.5) is 4.79 Å². The molecule has 1 amide bonds. The van der Waals surface area contributed by atoms with Gasteiger partial charge in [0.1, 0.15) is 6.61 Å². The topological polar surface area (TPSA) is 51.2 Å². The fraction of sp³-hybridized carbons (Fsp3) is 0.333. The van der Waals surface area contributed by atoms with Gasteiger partial charge >= 0.3 is 6.09 Å². The summed E-state index contributed by atoms with van der Waals surface area (Å²) in [7, 11) is 0. The number of benzene rings is 1. The molecular weight excluding hydrogens is 276 g/mol. The zero-order chi connectivity index (χ0) is 16.0. The average molecular weight is 298 g/mol. The molecule has 4 nitrogen and oxygen atoms in total. The maximum Gasteiger partial charge on any atom is 0.407 e. The maximum atomic E-state index is 11.7. The first-order chi connectivity index (χ1) is 10.4. The second kappa shape index (κ2) is 7.07. The zero-order valence-corrected chi connectivity index (χ0v) is 13.3. The first kappa shape index (κ1) is 16.0. The van der Waals surface area contributed by atoms with E-state index in [1.807, 2.05) is 42.5 Å². The number of aromatic nitrogens is 1. The van der Waals surface area contributed by atoms with Crippen LogP contribution in [0.5, 0.6) is 0 Å². The molecule has 0 aliphatic heterocycles. The lowest BCUT2D eigenvalue weighted by molar-refractivity contribution is 0.139. The van der Waals surface area contributed by atoms with E-state index in [0.29, 0.717) is 6.54 Å². The summed E-state index contributed by atoms with van der Waals surface area (Å²) in [6.07, 6.45) is 1.33. The van der Waals surface area contributed by atoms with E-state index in [1.54, 1.807) is 6.20 Å². The number of hydrogen-bond acceptors (Lipinski definition) is 3. The lowest BCUT2D eigenvalue weighted by Crippen LogP contribution is -2.24. The van der Waals surface area contributed by atoms with E-state index in [0.717, 1.165) is 11.3 Å². The third-order valence-electron chi connectivity index (χ3n) is 3.31. The van der Waals surface area contributed by atoms with E-state index in [1.165, 1.54) is 5.56 Å². The van der Waals surface area contributed by atoms with Crippen LogP contribution in [0, 0.1) is 0 Å². The van der Waals surface area contributed by atoms with E-state index in [9.17, 15) is 4.79 Å². The molecule has 0 saturated heterocycles. The number of rotatable bonds is 4. The van der Waals surface area contributed by atoms with Crippen LogP contribution in [-0.4, -0.2) is 11.1 Å². The first-order valence-corrected chi connectivity index (χ1v) is 7.35. The molecule has 22 heavy (non-hydrogen) atoms. The molecule has 0 aliphatic carbocycles. The van der Waals surface area contributed by atoms with Crippen LogP contribution in [0.15, 0.2) is 48.7 Å². The number of carbonyl (C=O) groups is 1. The molecule has 1 aromatic carbocycles. The summed E-state index contributed by atoms with van der Waals surface area (Å²) in [5.74, 6) is 0. The Labute approximate surface area is 131 Å². The van der Waals surface area contributed by atoms with Crippen molar-refractivity contribution >= 4 is 6.09 Å². The number of nitrogens with one attached hydrogen (secondary N) is 1. The third-order valence-corrected chi connectivity index (χ3v) is 3.31. The molecule has 2 rings (SSSR count). The van der Waals surface area contributed by atoms with Gasteiger partial charge in [0.2, 0.25) is 0 Å². The summed E-state index contributed by atoms with van der Waals surface area (Å²) < 4.78 is 5.17.